The van der Waals surface area contributed by atoms with Crippen molar-refractivity contribution in [1.29, 1.82) is 0 Å². The van der Waals surface area contributed by atoms with E-state index in [0.717, 1.165) is 10.5 Å². The van der Waals surface area contributed by atoms with Gasteiger partial charge < -0.3 is 10.1 Å². The second-order valence-corrected chi connectivity index (χ2v) is 4.60. The second kappa shape index (κ2) is 9.11. The Labute approximate surface area is 122 Å². The summed E-state index contributed by atoms with van der Waals surface area (Å²) >= 11 is 1.64. The highest BCUT2D eigenvalue weighted by Gasteiger charge is 2.10. The third-order valence-corrected chi connectivity index (χ3v) is 3.04. The monoisotopic (exact) mass is 295 g/mol. The Kier molecular flexibility index (Phi) is 7.38. The van der Waals surface area contributed by atoms with Gasteiger partial charge in [0.15, 0.2) is 0 Å². The lowest BCUT2D eigenvalue weighted by molar-refractivity contribution is -0.139. The highest BCUT2D eigenvalue weighted by atomic mass is 32.2. The lowest BCUT2D eigenvalue weighted by Crippen LogP contribution is -2.39. The number of benzene rings is 1. The van der Waals surface area contributed by atoms with E-state index in [9.17, 15) is 9.59 Å². The molecular weight excluding hydrogens is 278 g/mol. The molecule has 2 amide bonds. The van der Waals surface area contributed by atoms with E-state index in [1.165, 1.54) is 13.3 Å². The number of thioether (sulfide) groups is 1. The Bertz CT molecular complexity index is 474. The third-order valence-electron chi connectivity index (χ3n) is 2.29. The summed E-state index contributed by atoms with van der Waals surface area (Å²) in [6.45, 7) is 0.632. The molecule has 6 nitrogen and oxygen atoms in total. The fraction of sp³-hybridized carbons (Fsp3) is 0.308. The molecule has 7 heteroatoms. The predicted octanol–water partition coefficient (Wildman–Crippen LogP) is 0.621. The number of hydrogen-bond donors (Lipinski definition) is 2. The van der Waals surface area contributed by atoms with Gasteiger partial charge in [0.2, 0.25) is 0 Å². The van der Waals surface area contributed by atoms with E-state index in [1.54, 1.807) is 11.8 Å². The van der Waals surface area contributed by atoms with Crippen molar-refractivity contribution < 1.29 is 14.3 Å². The van der Waals surface area contributed by atoms with Crippen molar-refractivity contribution in [3.63, 3.8) is 0 Å². The molecule has 1 aromatic carbocycles. The van der Waals surface area contributed by atoms with Crippen LogP contribution in [0.2, 0.25) is 0 Å². The van der Waals surface area contributed by atoms with Crippen LogP contribution in [-0.4, -0.2) is 44.5 Å². The number of carbonyl (C=O) groups excluding carboxylic acids is 2. The molecule has 1 aromatic rings. The molecule has 2 N–H and O–H groups in total. The Morgan fingerprint density at radius 1 is 1.30 bits per heavy atom. The zero-order valence-corrected chi connectivity index (χ0v) is 12.2. The summed E-state index contributed by atoms with van der Waals surface area (Å²) < 4.78 is 4.75. The molecule has 0 saturated carbocycles. The Balaban J connectivity index is 2.39. The number of methoxy groups -OCH3 is 1. The van der Waals surface area contributed by atoms with Crippen LogP contribution in [0.15, 0.2) is 34.3 Å². The maximum atomic E-state index is 11.3. The minimum absolute atomic E-state index is 0.280. The molecule has 20 heavy (non-hydrogen) atoms. The molecule has 108 valence electrons. The van der Waals surface area contributed by atoms with E-state index < -0.39 is 11.8 Å². The fourth-order valence-corrected chi connectivity index (χ4v) is 1.66. The number of amides is 2. The van der Waals surface area contributed by atoms with E-state index in [0.29, 0.717) is 6.61 Å². The standard InChI is InChI=1S/C13H17N3O3S/c1-19-8-7-14-12(17)13(18)16-15-9-10-3-5-11(20-2)6-4-10/h3-6,9H,7-8H2,1-2H3,(H,14,17)(H,16,18)/b15-9-. The SMILES string of the molecule is COCCNC(=O)C(=O)N/N=C\c1ccc(SC)cc1. The predicted molar refractivity (Wildman–Crippen MR) is 78.8 cm³/mol. The van der Waals surface area contributed by atoms with Gasteiger partial charge in [0, 0.05) is 18.6 Å². The van der Waals surface area contributed by atoms with Gasteiger partial charge in [-0.05, 0) is 24.0 Å². The zero-order valence-electron chi connectivity index (χ0n) is 11.4. The maximum absolute atomic E-state index is 11.3. The molecule has 0 unspecified atom stereocenters. The van der Waals surface area contributed by atoms with Gasteiger partial charge >= 0.3 is 11.8 Å². The lowest BCUT2D eigenvalue weighted by atomic mass is 10.2. The minimum Gasteiger partial charge on any atom is -0.383 e. The van der Waals surface area contributed by atoms with Crippen LogP contribution in [0.3, 0.4) is 0 Å². The largest absolute Gasteiger partial charge is 0.383 e. The van der Waals surface area contributed by atoms with E-state index >= 15 is 0 Å². The molecule has 0 spiro atoms. The lowest BCUT2D eigenvalue weighted by Gasteiger charge is -2.02. The Hall–Kier alpha value is -1.86. The van der Waals surface area contributed by atoms with E-state index in [-0.39, 0.29) is 6.54 Å². The topological polar surface area (TPSA) is 79.8 Å². The highest BCUT2D eigenvalue weighted by molar-refractivity contribution is 7.98. The average molecular weight is 295 g/mol. The first-order chi connectivity index (χ1) is 9.67. The fourth-order valence-electron chi connectivity index (χ4n) is 1.25. The minimum atomic E-state index is -0.807. The molecule has 0 bridgehead atoms. The van der Waals surface area contributed by atoms with Gasteiger partial charge in [-0.2, -0.15) is 5.10 Å². The van der Waals surface area contributed by atoms with Crippen molar-refractivity contribution in [1.82, 2.24) is 10.7 Å². The molecule has 0 aliphatic rings. The van der Waals surface area contributed by atoms with Crippen LogP contribution < -0.4 is 10.7 Å². The summed E-state index contributed by atoms with van der Waals surface area (Å²) in [6, 6.07) is 7.65. The summed E-state index contributed by atoms with van der Waals surface area (Å²) in [5.41, 5.74) is 2.99. The first-order valence-electron chi connectivity index (χ1n) is 5.91. The van der Waals surface area contributed by atoms with Gasteiger partial charge in [0.05, 0.1) is 12.8 Å². The molecule has 0 fully saturated rings. The van der Waals surface area contributed by atoms with E-state index in [1.807, 2.05) is 30.5 Å². The van der Waals surface area contributed by atoms with Crippen molar-refractivity contribution in [2.75, 3.05) is 26.5 Å². The van der Waals surface area contributed by atoms with Gasteiger partial charge in [-0.25, -0.2) is 5.43 Å². The number of nitrogens with one attached hydrogen (secondary N) is 2. The molecule has 0 aliphatic carbocycles. The molecule has 0 atom stereocenters. The van der Waals surface area contributed by atoms with Crippen LogP contribution in [0.1, 0.15) is 5.56 Å². The maximum Gasteiger partial charge on any atom is 0.329 e. The van der Waals surface area contributed by atoms with Crippen LogP contribution in [-0.2, 0) is 14.3 Å². The highest BCUT2D eigenvalue weighted by Crippen LogP contribution is 2.13. The van der Waals surface area contributed by atoms with Gasteiger partial charge in [-0.15, -0.1) is 11.8 Å². The summed E-state index contributed by atoms with van der Waals surface area (Å²) in [4.78, 5) is 23.8. The number of ether oxygens (including phenoxy) is 1. The van der Waals surface area contributed by atoms with Crippen LogP contribution in [0.4, 0.5) is 0 Å². The first kappa shape index (κ1) is 16.2. The van der Waals surface area contributed by atoms with Crippen molar-refractivity contribution in [3.8, 4) is 0 Å². The summed E-state index contributed by atoms with van der Waals surface area (Å²) in [5, 5.41) is 6.12. The molecule has 1 rings (SSSR count). The van der Waals surface area contributed by atoms with E-state index in [4.69, 9.17) is 4.74 Å². The number of rotatable bonds is 6. The normalized spacial score (nSPS) is 10.5. The van der Waals surface area contributed by atoms with Crippen LogP contribution >= 0.6 is 11.8 Å². The number of nitrogens with zero attached hydrogens (tertiary/aromatic N) is 1. The smallest absolute Gasteiger partial charge is 0.329 e. The Morgan fingerprint density at radius 3 is 2.60 bits per heavy atom. The summed E-state index contributed by atoms with van der Waals surface area (Å²) in [5.74, 6) is -1.55. The second-order valence-electron chi connectivity index (χ2n) is 3.72. The Morgan fingerprint density at radius 2 is 2.00 bits per heavy atom. The number of hydrogen-bond acceptors (Lipinski definition) is 5. The third kappa shape index (κ3) is 5.85. The quantitative estimate of drug-likeness (QED) is 0.265. The molecule has 0 aliphatic heterocycles. The van der Waals surface area contributed by atoms with Crippen LogP contribution in [0.5, 0.6) is 0 Å². The number of hydrazone groups is 1. The molecule has 0 heterocycles. The van der Waals surface area contributed by atoms with Crippen LogP contribution in [0.25, 0.3) is 0 Å². The van der Waals surface area contributed by atoms with E-state index in [2.05, 4.69) is 15.8 Å². The van der Waals surface area contributed by atoms with Gasteiger partial charge in [-0.3, -0.25) is 9.59 Å². The summed E-state index contributed by atoms with van der Waals surface area (Å²) in [6.07, 6.45) is 3.47. The number of carbonyl (C=O) groups is 2. The molecule has 0 aromatic heterocycles. The van der Waals surface area contributed by atoms with Gasteiger partial charge in [-0.1, -0.05) is 12.1 Å². The molecular formula is C13H17N3O3S. The average Bonchev–Trinajstić information content (AvgIpc) is 2.48. The van der Waals surface area contributed by atoms with Gasteiger partial charge in [0.1, 0.15) is 0 Å². The van der Waals surface area contributed by atoms with Crippen molar-refractivity contribution >= 4 is 29.8 Å². The first-order valence-corrected chi connectivity index (χ1v) is 7.14. The summed E-state index contributed by atoms with van der Waals surface area (Å²) in [7, 11) is 1.51. The molecule has 0 saturated heterocycles. The zero-order chi connectivity index (χ0) is 14.8. The van der Waals surface area contributed by atoms with Crippen molar-refractivity contribution in [2.24, 2.45) is 5.10 Å². The van der Waals surface area contributed by atoms with Crippen LogP contribution in [0, 0.1) is 0 Å². The van der Waals surface area contributed by atoms with Gasteiger partial charge in [0.25, 0.3) is 0 Å². The van der Waals surface area contributed by atoms with Crippen molar-refractivity contribution in [2.45, 2.75) is 4.90 Å². The van der Waals surface area contributed by atoms with Crippen molar-refractivity contribution in [3.05, 3.63) is 29.8 Å². The molecule has 0 radical (unpaired) electrons.